The SMILES string of the molecule is CC(C)(C)[C@H](NC(=O)c1cc2ccccc2[nH]1)C(=O)N1C[C@@H]2C[C@H]1CN2C(=O)c1cccc2[nH]ccc12. The zero-order chi connectivity index (χ0) is 25.9. The number of H-pyrrole nitrogens is 2. The third-order valence-corrected chi connectivity index (χ3v) is 7.77. The summed E-state index contributed by atoms with van der Waals surface area (Å²) in [5, 5.41) is 4.86. The lowest BCUT2D eigenvalue weighted by atomic mass is 9.85. The predicted octanol–water partition coefficient (Wildman–Crippen LogP) is 3.92. The van der Waals surface area contributed by atoms with Crippen LogP contribution in [0.1, 0.15) is 48.0 Å². The molecule has 8 nitrogen and oxygen atoms in total. The van der Waals surface area contributed by atoms with Crippen molar-refractivity contribution in [3.8, 4) is 0 Å². The van der Waals surface area contributed by atoms with Crippen LogP contribution in [0.3, 0.4) is 0 Å². The summed E-state index contributed by atoms with van der Waals surface area (Å²) in [5.41, 5.74) is 2.44. The number of fused-ring (bicyclic) bond motifs is 4. The predicted molar refractivity (Wildman–Crippen MR) is 142 cm³/mol. The van der Waals surface area contributed by atoms with Crippen LogP contribution in [-0.2, 0) is 4.79 Å². The molecule has 3 N–H and O–H groups in total. The summed E-state index contributed by atoms with van der Waals surface area (Å²) in [6.45, 7) is 6.87. The maximum Gasteiger partial charge on any atom is 0.268 e. The van der Waals surface area contributed by atoms with Crippen LogP contribution in [0.4, 0.5) is 0 Å². The second kappa shape index (κ2) is 8.50. The van der Waals surface area contributed by atoms with Crippen molar-refractivity contribution in [3.05, 3.63) is 72.1 Å². The largest absolute Gasteiger partial charge is 0.361 e. The van der Waals surface area contributed by atoms with Crippen LogP contribution in [0.5, 0.6) is 0 Å². The van der Waals surface area contributed by atoms with E-state index in [1.807, 2.05) is 85.3 Å². The third-order valence-electron chi connectivity index (χ3n) is 7.77. The number of nitrogens with one attached hydrogen (secondary N) is 3. The van der Waals surface area contributed by atoms with Gasteiger partial charge in [-0.05, 0) is 42.2 Å². The van der Waals surface area contributed by atoms with E-state index in [-0.39, 0.29) is 29.8 Å². The first-order valence-electron chi connectivity index (χ1n) is 12.8. The van der Waals surface area contributed by atoms with E-state index in [4.69, 9.17) is 0 Å². The lowest BCUT2D eigenvalue weighted by Crippen LogP contribution is -2.59. The summed E-state index contributed by atoms with van der Waals surface area (Å²) in [4.78, 5) is 50.5. The number of amides is 3. The Bertz CT molecular complexity index is 1490. The maximum absolute atomic E-state index is 13.8. The van der Waals surface area contributed by atoms with Gasteiger partial charge in [0.15, 0.2) is 0 Å². The average Bonchev–Trinajstić information content (AvgIpc) is 3.67. The van der Waals surface area contributed by atoms with Crippen LogP contribution >= 0.6 is 0 Å². The summed E-state index contributed by atoms with van der Waals surface area (Å²) in [7, 11) is 0. The molecule has 2 aliphatic rings. The topological polar surface area (TPSA) is 101 Å². The number of carbonyl (C=O) groups is 3. The van der Waals surface area contributed by atoms with Crippen LogP contribution < -0.4 is 5.32 Å². The highest BCUT2D eigenvalue weighted by molar-refractivity contribution is 6.07. The number of hydrogen-bond acceptors (Lipinski definition) is 3. The van der Waals surface area contributed by atoms with Crippen molar-refractivity contribution in [3.63, 3.8) is 0 Å². The van der Waals surface area contributed by atoms with Gasteiger partial charge in [0.05, 0.1) is 12.1 Å². The third kappa shape index (κ3) is 3.97. The molecule has 0 unspecified atom stereocenters. The average molecular weight is 498 g/mol. The molecule has 2 aromatic carbocycles. The minimum atomic E-state index is -0.691. The number of benzene rings is 2. The summed E-state index contributed by atoms with van der Waals surface area (Å²) in [5.74, 6) is -0.390. The maximum atomic E-state index is 13.8. The number of carbonyl (C=O) groups excluding carboxylic acids is 3. The highest BCUT2D eigenvalue weighted by Gasteiger charge is 2.50. The van der Waals surface area contributed by atoms with Crippen molar-refractivity contribution in [2.45, 2.75) is 45.3 Å². The standard InChI is InChI=1S/C29H31N5O3/c1-29(2,3)25(32-26(35)24-13-17-7-4-5-9-22(17)31-24)28(37)34-16-18-14-19(34)15-33(18)27(36)21-8-6-10-23-20(21)11-12-30-23/h4-13,18-19,25,30-31H,14-16H2,1-3H3,(H,32,35)/t18-,19-,25+/m0/s1. The molecule has 3 amide bonds. The van der Waals surface area contributed by atoms with E-state index in [0.717, 1.165) is 28.2 Å². The summed E-state index contributed by atoms with van der Waals surface area (Å²) in [6, 6.07) is 16.4. The van der Waals surface area contributed by atoms with Gasteiger partial charge in [-0.3, -0.25) is 14.4 Å². The Morgan fingerprint density at radius 3 is 2.41 bits per heavy atom. The van der Waals surface area contributed by atoms with Gasteiger partial charge in [-0.1, -0.05) is 45.0 Å². The lowest BCUT2D eigenvalue weighted by Gasteiger charge is -2.39. The molecule has 2 aromatic heterocycles. The van der Waals surface area contributed by atoms with E-state index in [1.54, 1.807) is 6.07 Å². The molecule has 4 heterocycles. The van der Waals surface area contributed by atoms with Gasteiger partial charge in [0, 0.05) is 46.7 Å². The van der Waals surface area contributed by atoms with Gasteiger partial charge >= 0.3 is 0 Å². The number of aromatic nitrogens is 2. The van der Waals surface area contributed by atoms with E-state index in [1.165, 1.54) is 0 Å². The molecule has 37 heavy (non-hydrogen) atoms. The molecule has 2 aliphatic heterocycles. The molecule has 4 aromatic rings. The summed E-state index contributed by atoms with van der Waals surface area (Å²) in [6.07, 6.45) is 2.60. The van der Waals surface area contributed by atoms with Crippen LogP contribution in [0.15, 0.2) is 60.8 Å². The molecule has 2 saturated heterocycles. The number of rotatable bonds is 4. The lowest BCUT2D eigenvalue weighted by molar-refractivity contribution is -0.138. The highest BCUT2D eigenvalue weighted by atomic mass is 16.2. The number of para-hydroxylation sites is 1. The van der Waals surface area contributed by atoms with Crippen molar-refractivity contribution in [1.29, 1.82) is 0 Å². The molecule has 8 heteroatoms. The number of piperazine rings is 1. The number of likely N-dealkylation sites (tertiary alicyclic amines) is 2. The van der Waals surface area contributed by atoms with Crippen molar-refractivity contribution in [2.24, 2.45) is 5.41 Å². The Morgan fingerprint density at radius 2 is 1.68 bits per heavy atom. The molecule has 0 saturated carbocycles. The van der Waals surface area contributed by atoms with E-state index in [2.05, 4.69) is 15.3 Å². The number of hydrogen-bond donors (Lipinski definition) is 3. The normalized spacial score (nSPS) is 20.1. The van der Waals surface area contributed by atoms with Crippen LogP contribution in [0, 0.1) is 5.41 Å². The van der Waals surface area contributed by atoms with Gasteiger partial charge in [-0.15, -0.1) is 0 Å². The van der Waals surface area contributed by atoms with Gasteiger partial charge in [-0.2, -0.15) is 0 Å². The fraction of sp³-hybridized carbons (Fsp3) is 0.345. The fourth-order valence-corrected chi connectivity index (χ4v) is 5.83. The Labute approximate surface area is 215 Å². The Kier molecular flexibility index (Phi) is 5.36. The van der Waals surface area contributed by atoms with Gasteiger partial charge < -0.3 is 25.1 Å². The Hall–Kier alpha value is -4.07. The number of nitrogens with zero attached hydrogens (tertiary/aromatic N) is 2. The minimum Gasteiger partial charge on any atom is -0.361 e. The number of aromatic amines is 2. The first-order valence-corrected chi connectivity index (χ1v) is 12.8. The molecule has 0 radical (unpaired) electrons. The van der Waals surface area contributed by atoms with Crippen molar-refractivity contribution >= 4 is 39.5 Å². The second-order valence-electron chi connectivity index (χ2n) is 11.3. The van der Waals surface area contributed by atoms with Gasteiger partial charge in [-0.25, -0.2) is 0 Å². The molecule has 0 aliphatic carbocycles. The van der Waals surface area contributed by atoms with E-state index in [0.29, 0.717) is 24.3 Å². The zero-order valence-corrected chi connectivity index (χ0v) is 21.2. The quantitative estimate of drug-likeness (QED) is 0.398. The Balaban J connectivity index is 1.18. The van der Waals surface area contributed by atoms with E-state index < -0.39 is 11.5 Å². The molecular weight excluding hydrogens is 466 g/mol. The first-order chi connectivity index (χ1) is 17.7. The zero-order valence-electron chi connectivity index (χ0n) is 21.2. The molecule has 6 rings (SSSR count). The molecule has 2 bridgehead atoms. The van der Waals surface area contributed by atoms with Crippen LogP contribution in [0.2, 0.25) is 0 Å². The molecule has 3 atom stereocenters. The summed E-state index contributed by atoms with van der Waals surface area (Å²) < 4.78 is 0. The molecule has 0 spiro atoms. The van der Waals surface area contributed by atoms with Crippen LogP contribution in [0.25, 0.3) is 21.8 Å². The molecular formula is C29H31N5O3. The first kappa shape index (κ1) is 23.3. The van der Waals surface area contributed by atoms with Crippen molar-refractivity contribution in [1.82, 2.24) is 25.1 Å². The highest BCUT2D eigenvalue weighted by Crippen LogP contribution is 2.35. The van der Waals surface area contributed by atoms with E-state index in [9.17, 15) is 14.4 Å². The van der Waals surface area contributed by atoms with Crippen LogP contribution in [-0.4, -0.2) is 68.7 Å². The molecule has 2 fully saturated rings. The van der Waals surface area contributed by atoms with E-state index >= 15 is 0 Å². The fourth-order valence-electron chi connectivity index (χ4n) is 5.83. The Morgan fingerprint density at radius 1 is 0.946 bits per heavy atom. The van der Waals surface area contributed by atoms with Gasteiger partial charge in [0.25, 0.3) is 11.8 Å². The van der Waals surface area contributed by atoms with Gasteiger partial charge in [0.1, 0.15) is 11.7 Å². The minimum absolute atomic E-state index is 0.00397. The van der Waals surface area contributed by atoms with Gasteiger partial charge in [0.2, 0.25) is 5.91 Å². The van der Waals surface area contributed by atoms with Crippen molar-refractivity contribution < 1.29 is 14.4 Å². The smallest absolute Gasteiger partial charge is 0.268 e. The summed E-state index contributed by atoms with van der Waals surface area (Å²) >= 11 is 0. The second-order valence-corrected chi connectivity index (χ2v) is 11.3. The van der Waals surface area contributed by atoms with Crippen molar-refractivity contribution in [2.75, 3.05) is 13.1 Å². The molecule has 190 valence electrons. The monoisotopic (exact) mass is 497 g/mol.